The maximum Gasteiger partial charge on any atom is 0.307 e. The molecule has 6 heteroatoms. The average Bonchev–Trinajstić information content (AvgIpc) is 3.23. The number of hydrogen-bond acceptors (Lipinski definition) is 3. The van der Waals surface area contributed by atoms with E-state index in [9.17, 15) is 24.6 Å². The molecular weight excluding hydrogens is 406 g/mol. The second kappa shape index (κ2) is 8.77. The van der Waals surface area contributed by atoms with Crippen molar-refractivity contribution in [3.63, 3.8) is 0 Å². The van der Waals surface area contributed by atoms with Crippen LogP contribution in [0.5, 0.6) is 0 Å². The Kier molecular flexibility index (Phi) is 6.04. The molecule has 2 aromatic rings. The minimum absolute atomic E-state index is 0.0164. The highest BCUT2D eigenvalue weighted by molar-refractivity contribution is 5.86. The Balaban J connectivity index is 1.54. The maximum absolute atomic E-state index is 13.1. The van der Waals surface area contributed by atoms with Crippen LogP contribution >= 0.6 is 0 Å². The number of rotatable bonds is 8. The Hall–Kier alpha value is -3.15. The number of hydrogen-bond donors (Lipinski definition) is 3. The van der Waals surface area contributed by atoms with E-state index in [2.05, 4.69) is 5.32 Å². The Morgan fingerprint density at radius 1 is 0.969 bits per heavy atom. The lowest BCUT2D eigenvalue weighted by molar-refractivity contribution is -0.146. The Labute approximate surface area is 187 Å². The molecule has 0 aliphatic heterocycles. The van der Waals surface area contributed by atoms with E-state index in [0.29, 0.717) is 25.7 Å². The number of benzene rings is 2. The quantitative estimate of drug-likeness (QED) is 0.573. The van der Waals surface area contributed by atoms with Gasteiger partial charge in [0.2, 0.25) is 5.91 Å². The molecule has 3 N–H and O–H groups in total. The first kappa shape index (κ1) is 22.1. The van der Waals surface area contributed by atoms with Gasteiger partial charge in [0.15, 0.2) is 0 Å². The third-order valence-corrected chi connectivity index (χ3v) is 7.13. The largest absolute Gasteiger partial charge is 0.481 e. The fourth-order valence-corrected chi connectivity index (χ4v) is 5.24. The highest BCUT2D eigenvalue weighted by atomic mass is 16.4. The summed E-state index contributed by atoms with van der Waals surface area (Å²) in [6, 6.07) is 18.2. The van der Waals surface area contributed by atoms with Crippen LogP contribution in [0.25, 0.3) is 11.1 Å². The molecule has 1 amide bonds. The SMILES string of the molecule is C[C@H](CC1(NC(=O)[C@@H]2CCC[C@@H]2C(=O)O)C[C@H]1c1ccc(-c2ccccc2)cc1)C(=O)O. The van der Waals surface area contributed by atoms with Gasteiger partial charge in [0, 0.05) is 11.5 Å². The predicted octanol–water partition coefficient (Wildman–Crippen LogP) is 4.31. The molecule has 0 saturated heterocycles. The predicted molar refractivity (Wildman–Crippen MR) is 120 cm³/mol. The molecule has 0 aromatic heterocycles. The van der Waals surface area contributed by atoms with Gasteiger partial charge in [-0.3, -0.25) is 14.4 Å². The molecule has 5 atom stereocenters. The van der Waals surface area contributed by atoms with Crippen LogP contribution in [-0.2, 0) is 14.4 Å². The first-order valence-corrected chi connectivity index (χ1v) is 11.2. The van der Waals surface area contributed by atoms with Crippen molar-refractivity contribution in [3.05, 3.63) is 60.2 Å². The number of carboxylic acids is 2. The van der Waals surface area contributed by atoms with Crippen molar-refractivity contribution in [2.75, 3.05) is 0 Å². The second-order valence-electron chi connectivity index (χ2n) is 9.32. The van der Waals surface area contributed by atoms with Gasteiger partial charge < -0.3 is 15.5 Å². The van der Waals surface area contributed by atoms with E-state index in [1.807, 2.05) is 54.6 Å². The molecule has 1 unspecified atom stereocenters. The summed E-state index contributed by atoms with van der Waals surface area (Å²) in [6.45, 7) is 1.65. The zero-order valence-electron chi connectivity index (χ0n) is 18.2. The van der Waals surface area contributed by atoms with Crippen LogP contribution in [-0.4, -0.2) is 33.6 Å². The lowest BCUT2D eigenvalue weighted by Gasteiger charge is -2.25. The average molecular weight is 436 g/mol. The molecule has 2 aromatic carbocycles. The van der Waals surface area contributed by atoms with Crippen LogP contribution in [0.15, 0.2) is 54.6 Å². The van der Waals surface area contributed by atoms with E-state index >= 15 is 0 Å². The molecule has 2 saturated carbocycles. The van der Waals surface area contributed by atoms with Crippen LogP contribution in [0.2, 0.25) is 0 Å². The first-order chi connectivity index (χ1) is 15.3. The van der Waals surface area contributed by atoms with Crippen LogP contribution in [0.4, 0.5) is 0 Å². The van der Waals surface area contributed by atoms with Gasteiger partial charge in [-0.15, -0.1) is 0 Å². The highest BCUT2D eigenvalue weighted by Crippen LogP contribution is 2.55. The molecule has 32 heavy (non-hydrogen) atoms. The van der Waals surface area contributed by atoms with Gasteiger partial charge in [-0.25, -0.2) is 0 Å². The van der Waals surface area contributed by atoms with Crippen molar-refractivity contribution in [1.82, 2.24) is 5.32 Å². The molecule has 6 nitrogen and oxygen atoms in total. The van der Waals surface area contributed by atoms with E-state index in [4.69, 9.17) is 0 Å². The van der Waals surface area contributed by atoms with Crippen LogP contribution < -0.4 is 5.32 Å². The molecule has 4 rings (SSSR count). The van der Waals surface area contributed by atoms with Crippen LogP contribution in [0.3, 0.4) is 0 Å². The van der Waals surface area contributed by atoms with Crippen molar-refractivity contribution >= 4 is 17.8 Å². The summed E-state index contributed by atoms with van der Waals surface area (Å²) in [5, 5.41) is 22.0. The number of carbonyl (C=O) groups is 3. The van der Waals surface area contributed by atoms with E-state index in [0.717, 1.165) is 23.1 Å². The van der Waals surface area contributed by atoms with Crippen molar-refractivity contribution in [2.24, 2.45) is 17.8 Å². The molecule has 2 aliphatic rings. The zero-order chi connectivity index (χ0) is 22.9. The van der Waals surface area contributed by atoms with E-state index < -0.39 is 35.2 Å². The number of amides is 1. The van der Waals surface area contributed by atoms with E-state index in [1.165, 1.54) is 0 Å². The minimum Gasteiger partial charge on any atom is -0.481 e. The molecule has 0 spiro atoms. The monoisotopic (exact) mass is 435 g/mol. The second-order valence-corrected chi connectivity index (χ2v) is 9.32. The van der Waals surface area contributed by atoms with Crippen LogP contribution in [0, 0.1) is 17.8 Å². The third-order valence-electron chi connectivity index (χ3n) is 7.13. The van der Waals surface area contributed by atoms with E-state index in [-0.39, 0.29) is 11.8 Å². The molecule has 0 bridgehead atoms. The zero-order valence-corrected chi connectivity index (χ0v) is 18.2. The maximum atomic E-state index is 13.1. The highest BCUT2D eigenvalue weighted by Gasteiger charge is 2.57. The molecule has 0 heterocycles. The summed E-state index contributed by atoms with van der Waals surface area (Å²) >= 11 is 0. The lowest BCUT2D eigenvalue weighted by atomic mass is 9.91. The molecule has 2 aliphatic carbocycles. The van der Waals surface area contributed by atoms with Gasteiger partial charge in [0.05, 0.1) is 17.8 Å². The standard InChI is InChI=1S/C26H29NO5/c1-16(24(29)30)14-26(27-23(28)20-8-5-9-21(20)25(31)32)15-22(26)19-12-10-18(11-13-19)17-6-3-2-4-7-17/h2-4,6-7,10-13,16,20-22H,5,8-9,14-15H2,1H3,(H,27,28)(H,29,30)(H,31,32)/t16-,20-,21+,22+,26?/m1/s1. The number of carboxylic acid groups (broad SMARTS) is 2. The fraction of sp³-hybridized carbons (Fsp3) is 0.423. The van der Waals surface area contributed by atoms with Crippen molar-refractivity contribution in [3.8, 4) is 11.1 Å². The van der Waals surface area contributed by atoms with Crippen molar-refractivity contribution in [2.45, 2.75) is 50.5 Å². The Morgan fingerprint density at radius 2 is 1.59 bits per heavy atom. The first-order valence-electron chi connectivity index (χ1n) is 11.2. The normalized spacial score (nSPS) is 27.5. The number of nitrogens with one attached hydrogen (secondary N) is 1. The fourth-order valence-electron chi connectivity index (χ4n) is 5.24. The molecular formula is C26H29NO5. The lowest BCUT2D eigenvalue weighted by Crippen LogP contribution is -2.45. The minimum atomic E-state index is -0.931. The van der Waals surface area contributed by atoms with Gasteiger partial charge in [-0.1, -0.05) is 67.9 Å². The van der Waals surface area contributed by atoms with Gasteiger partial charge in [-0.2, -0.15) is 0 Å². The number of carbonyl (C=O) groups excluding carboxylic acids is 1. The molecule has 2 fully saturated rings. The van der Waals surface area contributed by atoms with Gasteiger partial charge in [0.1, 0.15) is 0 Å². The summed E-state index contributed by atoms with van der Waals surface area (Å²) in [6.07, 6.45) is 2.77. The van der Waals surface area contributed by atoms with Gasteiger partial charge >= 0.3 is 11.9 Å². The summed E-state index contributed by atoms with van der Waals surface area (Å²) < 4.78 is 0. The smallest absolute Gasteiger partial charge is 0.307 e. The summed E-state index contributed by atoms with van der Waals surface area (Å²) in [4.78, 5) is 36.1. The Bertz CT molecular complexity index is 1000. The Morgan fingerprint density at radius 3 is 2.22 bits per heavy atom. The third kappa shape index (κ3) is 4.40. The summed E-state index contributed by atoms with van der Waals surface area (Å²) in [5.41, 5.74) is 2.63. The van der Waals surface area contributed by atoms with Crippen molar-refractivity contribution < 1.29 is 24.6 Å². The summed E-state index contributed by atoms with van der Waals surface area (Å²) in [5.74, 6) is -3.88. The van der Waals surface area contributed by atoms with Gasteiger partial charge in [-0.05, 0) is 42.4 Å². The van der Waals surface area contributed by atoms with E-state index in [1.54, 1.807) is 6.92 Å². The van der Waals surface area contributed by atoms with Crippen molar-refractivity contribution in [1.29, 1.82) is 0 Å². The molecule has 0 radical (unpaired) electrons. The number of aliphatic carboxylic acids is 2. The van der Waals surface area contributed by atoms with Crippen LogP contribution in [0.1, 0.15) is 50.5 Å². The molecule has 168 valence electrons. The topological polar surface area (TPSA) is 104 Å². The van der Waals surface area contributed by atoms with Gasteiger partial charge in [0.25, 0.3) is 0 Å². The summed E-state index contributed by atoms with van der Waals surface area (Å²) in [7, 11) is 0.